The number of rotatable bonds is 7. The fraction of sp³-hybridized carbons (Fsp3) is 0.148. The lowest BCUT2D eigenvalue weighted by atomic mass is 10.1. The number of benzene rings is 3. The number of ether oxygens (including phenoxy) is 3. The number of carbonyl (C=O) groups excluding carboxylic acids is 1. The summed E-state index contributed by atoms with van der Waals surface area (Å²) in [6, 6.07) is 19.4. The molecule has 2 aliphatic rings. The van der Waals surface area contributed by atoms with E-state index in [1.807, 2.05) is 37.3 Å². The van der Waals surface area contributed by atoms with Gasteiger partial charge in [-0.15, -0.1) is 0 Å². The molecule has 2 aliphatic heterocycles. The minimum Gasteiger partial charge on any atom is -0.493 e. The van der Waals surface area contributed by atoms with Crippen LogP contribution in [0.3, 0.4) is 0 Å². The number of fused-ring (bicyclic) bond motifs is 1. The van der Waals surface area contributed by atoms with Crippen LogP contribution >= 0.6 is 11.8 Å². The summed E-state index contributed by atoms with van der Waals surface area (Å²) in [6.45, 7) is 2.72. The Kier molecular flexibility index (Phi) is 6.64. The number of aromatic carboxylic acids is 1. The lowest BCUT2D eigenvalue weighted by Crippen LogP contribution is -2.28. The van der Waals surface area contributed by atoms with Gasteiger partial charge >= 0.3 is 5.97 Å². The molecule has 0 spiro atoms. The van der Waals surface area contributed by atoms with Gasteiger partial charge in [0.25, 0.3) is 5.91 Å². The predicted octanol–water partition coefficient (Wildman–Crippen LogP) is 5.32. The molecule has 0 saturated carbocycles. The van der Waals surface area contributed by atoms with Gasteiger partial charge in [-0.2, -0.15) is 0 Å². The van der Waals surface area contributed by atoms with Crippen LogP contribution in [0.25, 0.3) is 6.08 Å². The number of amidine groups is 1. The van der Waals surface area contributed by atoms with E-state index in [0.717, 1.165) is 11.3 Å². The van der Waals surface area contributed by atoms with E-state index in [0.29, 0.717) is 39.5 Å². The molecule has 0 atom stereocenters. The van der Waals surface area contributed by atoms with E-state index < -0.39 is 5.97 Å². The number of para-hydroxylation sites is 1. The summed E-state index contributed by atoms with van der Waals surface area (Å²) >= 11 is 1.27. The number of nitrogens with zero attached hydrogens (tertiary/aromatic N) is 2. The Morgan fingerprint density at radius 1 is 1.11 bits per heavy atom. The van der Waals surface area contributed by atoms with Gasteiger partial charge in [0.1, 0.15) is 5.75 Å². The van der Waals surface area contributed by atoms with Gasteiger partial charge in [-0.05, 0) is 60.7 Å². The quantitative estimate of drug-likeness (QED) is 0.437. The molecule has 8 nitrogen and oxygen atoms in total. The summed E-state index contributed by atoms with van der Waals surface area (Å²) in [6.07, 6.45) is 1.77. The largest absolute Gasteiger partial charge is 0.493 e. The van der Waals surface area contributed by atoms with E-state index >= 15 is 0 Å². The molecular formula is C27H22N2O6S. The molecule has 5 rings (SSSR count). The molecule has 1 fully saturated rings. The topological polar surface area (TPSA) is 97.7 Å². The maximum Gasteiger partial charge on any atom is 0.335 e. The first-order valence-electron chi connectivity index (χ1n) is 11.3. The maximum absolute atomic E-state index is 13.6. The summed E-state index contributed by atoms with van der Waals surface area (Å²) in [5.41, 5.74) is 2.39. The lowest BCUT2D eigenvalue weighted by molar-refractivity contribution is -0.122. The predicted molar refractivity (Wildman–Crippen MR) is 137 cm³/mol. The first-order valence-corrected chi connectivity index (χ1v) is 12.1. The fourth-order valence-corrected chi connectivity index (χ4v) is 4.74. The van der Waals surface area contributed by atoms with Crippen molar-refractivity contribution in [3.63, 3.8) is 0 Å². The van der Waals surface area contributed by atoms with Crippen LogP contribution in [0.4, 0.5) is 5.69 Å². The fourth-order valence-electron chi connectivity index (χ4n) is 3.75. The first kappa shape index (κ1) is 23.5. The van der Waals surface area contributed by atoms with Crippen molar-refractivity contribution in [1.29, 1.82) is 0 Å². The van der Waals surface area contributed by atoms with Gasteiger partial charge in [-0.25, -0.2) is 9.79 Å². The number of aliphatic imine (C=N–C) groups is 1. The van der Waals surface area contributed by atoms with Gasteiger partial charge in [-0.1, -0.05) is 30.3 Å². The molecule has 0 unspecified atom stereocenters. The number of carbonyl (C=O) groups is 2. The monoisotopic (exact) mass is 502 g/mol. The van der Waals surface area contributed by atoms with E-state index in [4.69, 9.17) is 19.2 Å². The van der Waals surface area contributed by atoms with E-state index in [1.54, 1.807) is 35.2 Å². The van der Waals surface area contributed by atoms with Crippen LogP contribution in [-0.2, 0) is 11.3 Å². The van der Waals surface area contributed by atoms with Crippen LogP contribution in [0.2, 0.25) is 0 Å². The number of hydrogen-bond donors (Lipinski definition) is 1. The molecule has 1 N–H and O–H groups in total. The van der Waals surface area contributed by atoms with Gasteiger partial charge in [-0.3, -0.25) is 9.69 Å². The average molecular weight is 503 g/mol. The molecule has 0 aromatic heterocycles. The van der Waals surface area contributed by atoms with Crippen molar-refractivity contribution in [3.8, 4) is 17.2 Å². The van der Waals surface area contributed by atoms with E-state index in [-0.39, 0.29) is 24.8 Å². The smallest absolute Gasteiger partial charge is 0.335 e. The van der Waals surface area contributed by atoms with Gasteiger partial charge in [0.15, 0.2) is 16.7 Å². The molecule has 0 bridgehead atoms. The Labute approximate surface area is 211 Å². The molecule has 182 valence electrons. The van der Waals surface area contributed by atoms with Crippen LogP contribution < -0.4 is 14.2 Å². The van der Waals surface area contributed by atoms with Crippen molar-refractivity contribution in [2.45, 2.75) is 13.5 Å². The minimum absolute atomic E-state index is 0.136. The zero-order chi connectivity index (χ0) is 25.1. The molecule has 0 aliphatic carbocycles. The molecule has 1 amide bonds. The highest BCUT2D eigenvalue weighted by atomic mass is 32.2. The Morgan fingerprint density at radius 3 is 2.53 bits per heavy atom. The molecule has 36 heavy (non-hydrogen) atoms. The molecule has 2 heterocycles. The van der Waals surface area contributed by atoms with Gasteiger partial charge in [0.05, 0.1) is 29.3 Å². The number of amides is 1. The highest BCUT2D eigenvalue weighted by Gasteiger charge is 2.34. The van der Waals surface area contributed by atoms with Crippen LogP contribution in [-0.4, -0.2) is 40.5 Å². The summed E-state index contributed by atoms with van der Waals surface area (Å²) < 4.78 is 16.8. The summed E-state index contributed by atoms with van der Waals surface area (Å²) in [7, 11) is 0. The Balaban J connectivity index is 1.51. The minimum atomic E-state index is -1.00. The van der Waals surface area contributed by atoms with Crippen molar-refractivity contribution in [1.82, 2.24) is 4.90 Å². The second-order valence-corrected chi connectivity index (χ2v) is 8.92. The number of hydrogen-bond acceptors (Lipinski definition) is 7. The highest BCUT2D eigenvalue weighted by Crippen LogP contribution is 2.41. The zero-order valence-electron chi connectivity index (χ0n) is 19.3. The third-order valence-corrected chi connectivity index (χ3v) is 6.51. The van der Waals surface area contributed by atoms with Crippen molar-refractivity contribution in [3.05, 3.63) is 88.3 Å². The molecule has 9 heteroatoms. The van der Waals surface area contributed by atoms with Crippen molar-refractivity contribution < 1.29 is 28.9 Å². The van der Waals surface area contributed by atoms with Crippen LogP contribution in [0.1, 0.15) is 28.4 Å². The average Bonchev–Trinajstić information content (AvgIpc) is 3.45. The second kappa shape index (κ2) is 10.2. The summed E-state index contributed by atoms with van der Waals surface area (Å²) in [5.74, 6) is 0.571. The molecule has 1 saturated heterocycles. The van der Waals surface area contributed by atoms with Gasteiger partial charge < -0.3 is 19.3 Å². The molecular weight excluding hydrogens is 480 g/mol. The Bertz CT molecular complexity index is 1370. The molecule has 3 aromatic rings. The van der Waals surface area contributed by atoms with Crippen LogP contribution in [0.5, 0.6) is 17.2 Å². The number of thioether (sulfide) groups is 1. The van der Waals surface area contributed by atoms with Crippen molar-refractivity contribution in [2.24, 2.45) is 4.99 Å². The van der Waals surface area contributed by atoms with E-state index in [1.165, 1.54) is 23.9 Å². The zero-order valence-corrected chi connectivity index (χ0v) is 20.2. The maximum atomic E-state index is 13.6. The first-order chi connectivity index (χ1) is 17.5. The lowest BCUT2D eigenvalue weighted by Gasteiger charge is -2.16. The number of carboxylic acids is 1. The SMILES string of the molecule is CCOc1cc2c(cc1/C=C1/SC(=Nc3ccccc3)N(Cc3ccc(C(=O)O)cc3)C1=O)OCO2. The van der Waals surface area contributed by atoms with E-state index in [9.17, 15) is 14.7 Å². The van der Waals surface area contributed by atoms with Gasteiger partial charge in [0, 0.05) is 11.6 Å². The van der Waals surface area contributed by atoms with Crippen LogP contribution in [0.15, 0.2) is 76.6 Å². The third-order valence-electron chi connectivity index (χ3n) is 5.50. The van der Waals surface area contributed by atoms with Crippen LogP contribution in [0, 0.1) is 0 Å². The Morgan fingerprint density at radius 2 is 1.83 bits per heavy atom. The van der Waals surface area contributed by atoms with Crippen molar-refractivity contribution in [2.75, 3.05) is 13.4 Å². The summed E-state index contributed by atoms with van der Waals surface area (Å²) in [5, 5.41) is 9.71. The third kappa shape index (κ3) is 4.92. The van der Waals surface area contributed by atoms with Crippen molar-refractivity contribution >= 4 is 40.6 Å². The van der Waals surface area contributed by atoms with Gasteiger partial charge in [0.2, 0.25) is 6.79 Å². The molecule has 3 aromatic carbocycles. The Hall–Kier alpha value is -4.24. The summed E-state index contributed by atoms with van der Waals surface area (Å²) in [4.78, 5) is 31.5. The second-order valence-electron chi connectivity index (χ2n) is 7.91. The number of carboxylic acid groups (broad SMARTS) is 1. The normalized spacial score (nSPS) is 16.7. The van der Waals surface area contributed by atoms with E-state index in [2.05, 4.69) is 0 Å². The highest BCUT2D eigenvalue weighted by molar-refractivity contribution is 8.18. The molecule has 0 radical (unpaired) electrons. The standard InChI is InChI=1S/C27H22N2O6S/c1-2-33-21-14-23-22(34-16-35-23)12-19(21)13-24-25(30)29(15-17-8-10-18(11-9-17)26(31)32)27(36-24)28-20-6-4-3-5-7-20/h3-14H,2,15-16H2,1H3,(H,31,32)/b24-13+,28-27?.